The van der Waals surface area contributed by atoms with Gasteiger partial charge in [0.25, 0.3) is 0 Å². The first-order chi connectivity index (χ1) is 8.79. The lowest BCUT2D eigenvalue weighted by molar-refractivity contribution is 0.109. The van der Waals surface area contributed by atoms with E-state index in [1.165, 1.54) is 4.88 Å². The normalized spacial score (nSPS) is 11.7. The van der Waals surface area contributed by atoms with E-state index in [9.17, 15) is 0 Å². The van der Waals surface area contributed by atoms with Crippen molar-refractivity contribution < 1.29 is 9.94 Å². The van der Waals surface area contributed by atoms with Gasteiger partial charge in [0, 0.05) is 11.1 Å². The summed E-state index contributed by atoms with van der Waals surface area (Å²) in [6.07, 6.45) is 1.61. The first-order valence-corrected chi connectivity index (χ1v) is 6.20. The highest BCUT2D eigenvalue weighted by Gasteiger charge is 2.02. The predicted molar refractivity (Wildman–Crippen MR) is 69.6 cm³/mol. The van der Waals surface area contributed by atoms with E-state index in [2.05, 4.69) is 10.1 Å². The summed E-state index contributed by atoms with van der Waals surface area (Å²) in [4.78, 5) is 5.18. The molecule has 0 bridgehead atoms. The van der Waals surface area contributed by atoms with Crippen LogP contribution in [0.3, 0.4) is 0 Å². The molecule has 0 aliphatic heterocycles. The van der Waals surface area contributed by atoms with Crippen LogP contribution in [0.5, 0.6) is 0 Å². The molecule has 0 radical (unpaired) electrons. The Balaban J connectivity index is 1.93. The maximum absolute atomic E-state index is 8.57. The van der Waals surface area contributed by atoms with Crippen LogP contribution in [-0.4, -0.2) is 16.0 Å². The van der Waals surface area contributed by atoms with E-state index < -0.39 is 0 Å². The number of amidine groups is 1. The lowest BCUT2D eigenvalue weighted by Crippen LogP contribution is -2.15. The first-order valence-electron chi connectivity index (χ1n) is 5.32. The molecule has 0 aliphatic rings. The van der Waals surface area contributed by atoms with Crippen molar-refractivity contribution in [2.45, 2.75) is 13.2 Å². The summed E-state index contributed by atoms with van der Waals surface area (Å²) in [5, 5.41) is 13.5. The molecule has 0 amide bonds. The van der Waals surface area contributed by atoms with Crippen molar-refractivity contribution in [2.75, 3.05) is 0 Å². The quantitative estimate of drug-likeness (QED) is 0.374. The van der Waals surface area contributed by atoms with Crippen molar-refractivity contribution in [1.29, 1.82) is 0 Å². The number of oxime groups is 1. The summed E-state index contributed by atoms with van der Waals surface area (Å²) in [5.41, 5.74) is 6.84. The van der Waals surface area contributed by atoms with Gasteiger partial charge in [-0.25, -0.2) is 0 Å². The fraction of sp³-hybridized carbons (Fsp3) is 0.167. The molecule has 0 unspecified atom stereocenters. The smallest absolute Gasteiger partial charge is 0.188 e. The fourth-order valence-corrected chi connectivity index (χ4v) is 2.06. The molecule has 0 spiro atoms. The van der Waals surface area contributed by atoms with Gasteiger partial charge in [-0.15, -0.1) is 11.3 Å². The lowest BCUT2D eigenvalue weighted by atomic mass is 10.2. The molecule has 3 N–H and O–H groups in total. The number of hydrogen-bond acceptors (Lipinski definition) is 5. The Morgan fingerprint density at radius 2 is 2.33 bits per heavy atom. The molecular formula is C12H13N3O2S. The third-order valence-electron chi connectivity index (χ3n) is 2.29. The van der Waals surface area contributed by atoms with Crippen LogP contribution >= 0.6 is 11.3 Å². The molecule has 0 fully saturated rings. The molecule has 2 rings (SSSR count). The zero-order valence-electron chi connectivity index (χ0n) is 9.61. The average Bonchev–Trinajstić information content (AvgIpc) is 2.91. The number of nitrogens with two attached hydrogens (primary N) is 1. The number of ether oxygens (including phenoxy) is 1. The van der Waals surface area contributed by atoms with Crippen LogP contribution in [0.1, 0.15) is 16.1 Å². The van der Waals surface area contributed by atoms with E-state index in [0.29, 0.717) is 18.9 Å². The van der Waals surface area contributed by atoms with Crippen molar-refractivity contribution in [3.8, 4) is 0 Å². The Bertz CT molecular complexity index is 526. The van der Waals surface area contributed by atoms with Gasteiger partial charge >= 0.3 is 0 Å². The monoisotopic (exact) mass is 263 g/mol. The zero-order valence-corrected chi connectivity index (χ0v) is 10.4. The molecule has 18 heavy (non-hydrogen) atoms. The van der Waals surface area contributed by atoms with Crippen LogP contribution in [0, 0.1) is 0 Å². The second-order valence-electron chi connectivity index (χ2n) is 3.61. The maximum Gasteiger partial charge on any atom is 0.188 e. The molecule has 0 atom stereocenters. The average molecular weight is 263 g/mol. The molecule has 6 heteroatoms. The van der Waals surface area contributed by atoms with E-state index in [1.807, 2.05) is 23.6 Å². The van der Waals surface area contributed by atoms with Crippen LogP contribution in [0.15, 0.2) is 41.0 Å². The van der Waals surface area contributed by atoms with Crippen LogP contribution < -0.4 is 5.73 Å². The Kier molecular flexibility index (Phi) is 4.27. The summed E-state index contributed by atoms with van der Waals surface area (Å²) in [6.45, 7) is 1.05. The minimum Gasteiger partial charge on any atom is -0.409 e. The number of rotatable bonds is 5. The van der Waals surface area contributed by atoms with E-state index in [1.54, 1.807) is 23.6 Å². The SMILES string of the molecule is NC(=NO)c1cc(COCc2cccs2)ccn1. The number of pyridine rings is 1. The second-order valence-corrected chi connectivity index (χ2v) is 4.64. The molecule has 5 nitrogen and oxygen atoms in total. The molecular weight excluding hydrogens is 250 g/mol. The highest BCUT2D eigenvalue weighted by Crippen LogP contribution is 2.11. The number of thiophene rings is 1. The molecule has 2 aromatic rings. The number of hydrogen-bond donors (Lipinski definition) is 2. The third kappa shape index (κ3) is 3.28. The van der Waals surface area contributed by atoms with Crippen molar-refractivity contribution in [3.05, 3.63) is 52.0 Å². The van der Waals surface area contributed by atoms with Gasteiger partial charge in [-0.05, 0) is 29.1 Å². The third-order valence-corrected chi connectivity index (χ3v) is 3.14. The number of aromatic nitrogens is 1. The van der Waals surface area contributed by atoms with Gasteiger partial charge in [0.2, 0.25) is 0 Å². The highest BCUT2D eigenvalue weighted by molar-refractivity contribution is 7.09. The van der Waals surface area contributed by atoms with Gasteiger partial charge in [-0.2, -0.15) is 0 Å². The molecule has 2 heterocycles. The summed E-state index contributed by atoms with van der Waals surface area (Å²) in [6, 6.07) is 7.59. The fourth-order valence-electron chi connectivity index (χ4n) is 1.42. The molecule has 2 aromatic heterocycles. The van der Waals surface area contributed by atoms with Gasteiger partial charge in [0.15, 0.2) is 5.84 Å². The van der Waals surface area contributed by atoms with Gasteiger partial charge in [0.1, 0.15) is 5.69 Å². The summed E-state index contributed by atoms with van der Waals surface area (Å²) in [5.74, 6) is -0.00453. The Hall–Kier alpha value is -1.92. The van der Waals surface area contributed by atoms with E-state index in [0.717, 1.165) is 5.56 Å². The molecule has 0 aliphatic carbocycles. The Morgan fingerprint density at radius 1 is 1.44 bits per heavy atom. The first kappa shape index (κ1) is 12.5. The minimum atomic E-state index is -0.00453. The largest absolute Gasteiger partial charge is 0.409 e. The van der Waals surface area contributed by atoms with Gasteiger partial charge < -0.3 is 15.7 Å². The van der Waals surface area contributed by atoms with Crippen LogP contribution in [-0.2, 0) is 18.0 Å². The minimum absolute atomic E-state index is 0.00453. The molecule has 0 aromatic carbocycles. The van der Waals surface area contributed by atoms with Crippen LogP contribution in [0.2, 0.25) is 0 Å². The Morgan fingerprint density at radius 3 is 3.06 bits per heavy atom. The number of nitrogens with zero attached hydrogens (tertiary/aromatic N) is 2. The topological polar surface area (TPSA) is 80.7 Å². The van der Waals surface area contributed by atoms with Gasteiger partial charge in [-0.1, -0.05) is 11.2 Å². The van der Waals surface area contributed by atoms with Crippen LogP contribution in [0.25, 0.3) is 0 Å². The van der Waals surface area contributed by atoms with Gasteiger partial charge in [0.05, 0.1) is 13.2 Å². The standard InChI is InChI=1S/C12H13N3O2S/c13-12(15-16)11-6-9(3-4-14-11)7-17-8-10-2-1-5-18-10/h1-6,16H,7-8H2,(H2,13,15). The van der Waals surface area contributed by atoms with E-state index >= 15 is 0 Å². The van der Waals surface area contributed by atoms with Crippen LogP contribution in [0.4, 0.5) is 0 Å². The summed E-state index contributed by atoms with van der Waals surface area (Å²) >= 11 is 1.66. The summed E-state index contributed by atoms with van der Waals surface area (Å²) in [7, 11) is 0. The molecule has 0 saturated carbocycles. The molecule has 94 valence electrons. The van der Waals surface area contributed by atoms with Crippen molar-refractivity contribution in [3.63, 3.8) is 0 Å². The predicted octanol–water partition coefficient (Wildman–Crippen LogP) is 1.95. The van der Waals surface area contributed by atoms with E-state index in [-0.39, 0.29) is 5.84 Å². The maximum atomic E-state index is 8.57. The lowest BCUT2D eigenvalue weighted by Gasteiger charge is -2.04. The zero-order chi connectivity index (χ0) is 12.8. The molecule has 0 saturated heterocycles. The summed E-state index contributed by atoms with van der Waals surface area (Å²) < 4.78 is 5.57. The highest BCUT2D eigenvalue weighted by atomic mass is 32.1. The van der Waals surface area contributed by atoms with Crippen molar-refractivity contribution in [1.82, 2.24) is 4.98 Å². The Labute approximate surface area is 109 Å². The van der Waals surface area contributed by atoms with Crippen molar-refractivity contribution >= 4 is 17.2 Å². The van der Waals surface area contributed by atoms with Gasteiger partial charge in [-0.3, -0.25) is 4.98 Å². The van der Waals surface area contributed by atoms with Crippen molar-refractivity contribution in [2.24, 2.45) is 10.9 Å². The second kappa shape index (κ2) is 6.13. The van der Waals surface area contributed by atoms with E-state index in [4.69, 9.17) is 15.7 Å².